The van der Waals surface area contributed by atoms with E-state index < -0.39 is 6.97 Å². The van der Waals surface area contributed by atoms with Gasteiger partial charge in [0.05, 0.1) is 11.3 Å². The molecule has 2 aliphatic heterocycles. The van der Waals surface area contributed by atoms with Gasteiger partial charge in [0.25, 0.3) is 0 Å². The van der Waals surface area contributed by atoms with Crippen molar-refractivity contribution < 1.29 is 13.1 Å². The first-order valence-electron chi connectivity index (χ1n) is 15.5. The molecule has 6 rings (SSSR count). The summed E-state index contributed by atoms with van der Waals surface area (Å²) in [7, 11) is 0. The molecule has 0 N–H and O–H groups in total. The highest BCUT2D eigenvalue weighted by molar-refractivity contribution is 6.59. The molecule has 0 spiro atoms. The van der Waals surface area contributed by atoms with E-state index in [1.54, 1.807) is 0 Å². The summed E-state index contributed by atoms with van der Waals surface area (Å²) in [4.78, 5) is 0. The molecule has 1 aromatic heterocycles. The maximum atomic E-state index is 17.4. The molecule has 1 aromatic carbocycles. The van der Waals surface area contributed by atoms with E-state index in [0.29, 0.717) is 11.4 Å². The Morgan fingerprint density at radius 3 is 2.12 bits per heavy atom. The Morgan fingerprint density at radius 2 is 1.43 bits per heavy atom. The van der Waals surface area contributed by atoms with Crippen LogP contribution in [0.5, 0.6) is 0 Å². The third-order valence-electron chi connectivity index (χ3n) is 8.92. The second kappa shape index (κ2) is 11.3. The van der Waals surface area contributed by atoms with E-state index in [9.17, 15) is 0 Å². The Labute approximate surface area is 238 Å². The van der Waals surface area contributed by atoms with Crippen molar-refractivity contribution in [2.45, 2.75) is 104 Å². The van der Waals surface area contributed by atoms with Crippen LogP contribution in [0.1, 0.15) is 119 Å². The van der Waals surface area contributed by atoms with E-state index in [4.69, 9.17) is 0 Å². The number of rotatable bonds is 5. The second-order valence-corrected chi connectivity index (χ2v) is 11.6. The third-order valence-corrected chi connectivity index (χ3v) is 8.92. The molecule has 0 amide bonds. The van der Waals surface area contributed by atoms with Gasteiger partial charge >= 0.3 is 6.97 Å². The van der Waals surface area contributed by atoms with Crippen molar-refractivity contribution in [3.05, 3.63) is 75.3 Å². The van der Waals surface area contributed by atoms with E-state index in [1.165, 1.54) is 8.96 Å². The van der Waals surface area contributed by atoms with Crippen molar-refractivity contribution in [3.63, 3.8) is 0 Å². The van der Waals surface area contributed by atoms with Gasteiger partial charge in [-0.15, -0.1) is 0 Å². The topological polar surface area (TPSA) is 7.94 Å². The Hall–Kier alpha value is -3.31. The van der Waals surface area contributed by atoms with Crippen LogP contribution in [0.25, 0.3) is 5.57 Å². The van der Waals surface area contributed by atoms with Gasteiger partial charge in [-0.3, -0.25) is 0 Å². The fourth-order valence-corrected chi connectivity index (χ4v) is 7.03. The molecule has 0 fully saturated rings. The number of allylic oxidation sites excluding steroid dienone is 2. The van der Waals surface area contributed by atoms with Gasteiger partial charge in [0, 0.05) is 29.7 Å². The predicted octanol–water partition coefficient (Wildman–Crippen LogP) is 8.44. The summed E-state index contributed by atoms with van der Waals surface area (Å²) in [6, 6.07) is 10.2. The van der Waals surface area contributed by atoms with Crippen molar-refractivity contribution in [1.29, 1.82) is 0 Å². The lowest BCUT2D eigenvalue weighted by Gasteiger charge is -2.34. The van der Waals surface area contributed by atoms with Crippen LogP contribution in [0.2, 0.25) is 0 Å². The monoisotopic (exact) mass is 536 g/mol. The first-order chi connectivity index (χ1) is 19.6. The zero-order chi connectivity index (χ0) is 27.7. The average molecular weight is 537 g/mol. The van der Waals surface area contributed by atoms with Crippen LogP contribution >= 0.6 is 0 Å². The van der Waals surface area contributed by atoms with E-state index >= 15 is 8.63 Å². The SMILES string of the molecule is CCCCC#CC1=[N+]2C(=C(c3ccccc3)c3c4c(c(C#CCCCC)n3[B-]2(F)F)CCCC4)C2=C1CCCC2. The lowest BCUT2D eigenvalue weighted by atomic mass is 9.81. The summed E-state index contributed by atoms with van der Waals surface area (Å²) in [5.41, 5.74) is 8.77. The second-order valence-electron chi connectivity index (χ2n) is 11.6. The number of aromatic nitrogens is 1. The van der Waals surface area contributed by atoms with Crippen LogP contribution in [0.3, 0.4) is 0 Å². The van der Waals surface area contributed by atoms with E-state index in [1.807, 2.05) is 18.2 Å². The predicted molar refractivity (Wildman–Crippen MR) is 161 cm³/mol. The van der Waals surface area contributed by atoms with E-state index in [2.05, 4.69) is 49.7 Å². The first kappa shape index (κ1) is 26.9. The van der Waals surface area contributed by atoms with Gasteiger partial charge < -0.3 is 17.6 Å². The Balaban J connectivity index is 1.71. The highest BCUT2D eigenvalue weighted by Crippen LogP contribution is 2.50. The fourth-order valence-electron chi connectivity index (χ4n) is 7.03. The molecule has 206 valence electrons. The average Bonchev–Trinajstić information content (AvgIpc) is 3.49. The minimum atomic E-state index is -4.17. The van der Waals surface area contributed by atoms with Gasteiger partial charge in [-0.1, -0.05) is 74.8 Å². The summed E-state index contributed by atoms with van der Waals surface area (Å²) in [5.74, 6) is 13.2. The largest absolute Gasteiger partial charge is 0.738 e. The minimum Gasteiger partial charge on any atom is -0.389 e. The molecule has 2 aliphatic carbocycles. The van der Waals surface area contributed by atoms with Gasteiger partial charge in [-0.2, -0.15) is 0 Å². The smallest absolute Gasteiger partial charge is 0.389 e. The molecule has 2 aromatic rings. The highest BCUT2D eigenvalue weighted by Gasteiger charge is 2.58. The molecule has 0 saturated carbocycles. The van der Waals surface area contributed by atoms with Gasteiger partial charge in [0.15, 0.2) is 5.70 Å². The van der Waals surface area contributed by atoms with Crippen LogP contribution in [-0.2, 0) is 12.8 Å². The van der Waals surface area contributed by atoms with Crippen molar-refractivity contribution in [1.82, 2.24) is 4.48 Å². The lowest BCUT2D eigenvalue weighted by Crippen LogP contribution is -2.52. The molecular weight excluding hydrogens is 497 g/mol. The van der Waals surface area contributed by atoms with Crippen molar-refractivity contribution in [2.75, 3.05) is 0 Å². The molecule has 0 bridgehead atoms. The zero-order valence-corrected chi connectivity index (χ0v) is 24.0. The molecular formula is C35H39BF2N2. The summed E-state index contributed by atoms with van der Waals surface area (Å²) in [6.45, 7) is 0.102. The number of unbranched alkanes of at least 4 members (excludes halogenated alkanes) is 4. The van der Waals surface area contributed by atoms with Crippen LogP contribution in [0, 0.1) is 23.7 Å². The first-order valence-corrected chi connectivity index (χ1v) is 15.5. The van der Waals surface area contributed by atoms with Crippen LogP contribution in [0.4, 0.5) is 8.63 Å². The maximum absolute atomic E-state index is 17.4. The van der Waals surface area contributed by atoms with Crippen LogP contribution in [-0.4, -0.2) is 21.6 Å². The van der Waals surface area contributed by atoms with E-state index in [0.717, 1.165) is 135 Å². The summed E-state index contributed by atoms with van der Waals surface area (Å²) < 4.78 is 37.5. The lowest BCUT2D eigenvalue weighted by molar-refractivity contribution is -0.362. The molecule has 0 atom stereocenters. The molecule has 3 heterocycles. The van der Waals surface area contributed by atoms with Gasteiger partial charge in [0.2, 0.25) is 5.71 Å². The quantitative estimate of drug-likeness (QED) is 0.206. The standard InChI is InChI=1S/C35H39BF2N2/c1-3-5-7-12-24-31-27-20-14-16-22-29(27)34-33(26-18-10-9-11-19-26)35-30-23-17-15-21-28(30)32(25-13-8-6-4-2)40(35)36(37,38)39(31)34/h9-11,18-19H,3-8,14-17,20-23H2,1-2H3. The molecule has 5 heteroatoms. The Morgan fingerprint density at radius 1 is 0.800 bits per heavy atom. The summed E-state index contributed by atoms with van der Waals surface area (Å²) in [5, 5.41) is 0. The van der Waals surface area contributed by atoms with E-state index in [-0.39, 0.29) is 0 Å². The maximum Gasteiger partial charge on any atom is 0.738 e. The van der Waals surface area contributed by atoms with Crippen LogP contribution in [0.15, 0.2) is 47.2 Å². The number of benzene rings is 1. The molecule has 4 aliphatic rings. The highest BCUT2D eigenvalue weighted by atomic mass is 19.2. The van der Waals surface area contributed by atoms with Gasteiger partial charge in [0.1, 0.15) is 0 Å². The Bertz CT molecular complexity index is 1550. The molecule has 2 nitrogen and oxygen atoms in total. The normalized spacial score (nSPS) is 18.8. The molecule has 40 heavy (non-hydrogen) atoms. The van der Waals surface area contributed by atoms with Crippen LogP contribution < -0.4 is 0 Å². The van der Waals surface area contributed by atoms with Crippen molar-refractivity contribution >= 4 is 18.3 Å². The zero-order valence-electron chi connectivity index (χ0n) is 24.0. The number of halogens is 2. The molecule has 0 radical (unpaired) electrons. The molecule has 0 unspecified atom stereocenters. The Kier molecular flexibility index (Phi) is 7.59. The summed E-state index contributed by atoms with van der Waals surface area (Å²) in [6.07, 6.45) is 12.9. The van der Waals surface area contributed by atoms with Crippen molar-refractivity contribution in [2.24, 2.45) is 0 Å². The summed E-state index contributed by atoms with van der Waals surface area (Å²) >= 11 is 0. The number of hydrogen-bond donors (Lipinski definition) is 0. The third kappa shape index (κ3) is 4.39. The van der Waals surface area contributed by atoms with Gasteiger partial charge in [-0.25, -0.2) is 0 Å². The molecule has 0 saturated heterocycles. The number of hydrogen-bond acceptors (Lipinski definition) is 0. The minimum absolute atomic E-state index is 0.543. The number of fused-ring (bicyclic) bond motifs is 5. The fraction of sp³-hybridized carbons (Fsp3) is 0.457. The number of nitrogens with zero attached hydrogens (tertiary/aromatic N) is 2. The van der Waals surface area contributed by atoms with Crippen molar-refractivity contribution in [3.8, 4) is 23.7 Å². The van der Waals surface area contributed by atoms with Gasteiger partial charge in [-0.05, 0) is 86.8 Å².